The first kappa shape index (κ1) is 7.25. The SMILES string of the molecule is N#Cc1cc2ncc(Br)cn2n1. The molecule has 0 fully saturated rings. The topological polar surface area (TPSA) is 54.0 Å². The number of fused-ring (bicyclic) bond motifs is 1. The molecule has 0 saturated heterocycles. The number of halogens is 1. The highest BCUT2D eigenvalue weighted by Crippen LogP contribution is 2.09. The van der Waals surface area contributed by atoms with Gasteiger partial charge in [0.25, 0.3) is 0 Å². The molecule has 0 spiro atoms. The van der Waals surface area contributed by atoms with Crippen LogP contribution in [0.25, 0.3) is 5.65 Å². The molecule has 0 radical (unpaired) electrons. The number of nitriles is 1. The second kappa shape index (κ2) is 2.57. The number of aromatic nitrogens is 3. The van der Waals surface area contributed by atoms with Crippen LogP contribution in [0.4, 0.5) is 0 Å². The molecule has 0 aliphatic heterocycles. The van der Waals surface area contributed by atoms with Crippen molar-refractivity contribution in [2.24, 2.45) is 0 Å². The molecule has 2 aromatic rings. The van der Waals surface area contributed by atoms with Gasteiger partial charge in [0, 0.05) is 18.5 Å². The van der Waals surface area contributed by atoms with Crippen molar-refractivity contribution >= 4 is 21.6 Å². The summed E-state index contributed by atoms with van der Waals surface area (Å²) in [7, 11) is 0. The Morgan fingerprint density at radius 3 is 3.17 bits per heavy atom. The number of nitrogens with zero attached hydrogens (tertiary/aromatic N) is 4. The first-order valence-corrected chi connectivity index (χ1v) is 4.00. The number of hydrogen-bond donors (Lipinski definition) is 0. The Morgan fingerprint density at radius 2 is 2.42 bits per heavy atom. The molecule has 0 aliphatic rings. The highest BCUT2D eigenvalue weighted by Gasteiger charge is 2.00. The Bertz CT molecular complexity index is 468. The van der Waals surface area contributed by atoms with Gasteiger partial charge in [-0.15, -0.1) is 0 Å². The number of rotatable bonds is 0. The van der Waals surface area contributed by atoms with Gasteiger partial charge in [-0.25, -0.2) is 9.50 Å². The summed E-state index contributed by atoms with van der Waals surface area (Å²) < 4.78 is 2.39. The van der Waals surface area contributed by atoms with E-state index in [0.29, 0.717) is 11.3 Å². The van der Waals surface area contributed by atoms with E-state index in [-0.39, 0.29) is 0 Å². The van der Waals surface area contributed by atoms with Crippen LogP contribution >= 0.6 is 15.9 Å². The third-order valence-corrected chi connectivity index (χ3v) is 1.81. The van der Waals surface area contributed by atoms with Gasteiger partial charge in [-0.2, -0.15) is 10.4 Å². The van der Waals surface area contributed by atoms with Crippen molar-refractivity contribution in [3.05, 3.63) is 28.6 Å². The zero-order valence-electron chi connectivity index (χ0n) is 5.90. The Morgan fingerprint density at radius 1 is 1.58 bits per heavy atom. The molecule has 2 rings (SSSR count). The smallest absolute Gasteiger partial charge is 0.165 e. The van der Waals surface area contributed by atoms with E-state index < -0.39 is 0 Å². The van der Waals surface area contributed by atoms with Crippen molar-refractivity contribution in [2.45, 2.75) is 0 Å². The zero-order valence-corrected chi connectivity index (χ0v) is 7.48. The molecular weight excluding hydrogens is 220 g/mol. The minimum absolute atomic E-state index is 0.376. The second-order valence-electron chi connectivity index (χ2n) is 2.22. The lowest BCUT2D eigenvalue weighted by Gasteiger charge is -1.90. The van der Waals surface area contributed by atoms with Crippen molar-refractivity contribution in [3.63, 3.8) is 0 Å². The van der Waals surface area contributed by atoms with E-state index in [0.717, 1.165) is 4.47 Å². The van der Waals surface area contributed by atoms with Gasteiger partial charge in [0.1, 0.15) is 6.07 Å². The summed E-state index contributed by atoms with van der Waals surface area (Å²) in [4.78, 5) is 4.05. The molecule has 0 atom stereocenters. The van der Waals surface area contributed by atoms with Crippen LogP contribution in [0.1, 0.15) is 5.69 Å². The second-order valence-corrected chi connectivity index (χ2v) is 3.13. The predicted octanol–water partition coefficient (Wildman–Crippen LogP) is 1.36. The molecule has 12 heavy (non-hydrogen) atoms. The fourth-order valence-electron chi connectivity index (χ4n) is 0.909. The molecule has 2 heterocycles. The summed E-state index contributed by atoms with van der Waals surface area (Å²) in [5.41, 5.74) is 1.05. The van der Waals surface area contributed by atoms with Crippen LogP contribution in [0, 0.1) is 11.3 Å². The summed E-state index contributed by atoms with van der Waals surface area (Å²) in [5.74, 6) is 0. The maximum Gasteiger partial charge on any atom is 0.165 e. The molecule has 4 nitrogen and oxygen atoms in total. The van der Waals surface area contributed by atoms with Crippen LogP contribution in [0.5, 0.6) is 0 Å². The molecule has 0 unspecified atom stereocenters. The summed E-state index contributed by atoms with van der Waals surface area (Å²) in [6, 6.07) is 3.58. The molecule has 0 bridgehead atoms. The van der Waals surface area contributed by atoms with E-state index in [9.17, 15) is 0 Å². The maximum atomic E-state index is 8.54. The lowest BCUT2D eigenvalue weighted by molar-refractivity contribution is 0.924. The third-order valence-electron chi connectivity index (χ3n) is 1.40. The van der Waals surface area contributed by atoms with Crippen molar-refractivity contribution in [3.8, 4) is 6.07 Å². The molecule has 0 aromatic carbocycles. The van der Waals surface area contributed by atoms with Gasteiger partial charge >= 0.3 is 0 Å². The Kier molecular flexibility index (Phi) is 1.55. The fraction of sp³-hybridized carbons (Fsp3) is 0. The summed E-state index contributed by atoms with van der Waals surface area (Å²) in [6.45, 7) is 0. The predicted molar refractivity (Wildman–Crippen MR) is 45.4 cm³/mol. The van der Waals surface area contributed by atoms with Gasteiger partial charge in [-0.1, -0.05) is 0 Å². The van der Waals surface area contributed by atoms with Crippen LogP contribution in [0.15, 0.2) is 22.9 Å². The summed E-state index contributed by atoms with van der Waals surface area (Å²) in [5, 5.41) is 12.5. The molecule has 0 N–H and O–H groups in total. The van der Waals surface area contributed by atoms with E-state index in [4.69, 9.17) is 5.26 Å². The average molecular weight is 223 g/mol. The van der Waals surface area contributed by atoms with E-state index in [1.54, 1.807) is 23.0 Å². The first-order valence-electron chi connectivity index (χ1n) is 3.20. The molecule has 0 aliphatic carbocycles. The van der Waals surface area contributed by atoms with Crippen LogP contribution in [0.3, 0.4) is 0 Å². The van der Waals surface area contributed by atoms with Crippen LogP contribution < -0.4 is 0 Å². The lowest BCUT2D eigenvalue weighted by atomic mass is 10.5. The Labute approximate surface area is 76.6 Å². The van der Waals surface area contributed by atoms with Crippen molar-refractivity contribution < 1.29 is 0 Å². The van der Waals surface area contributed by atoms with E-state index in [2.05, 4.69) is 26.0 Å². The summed E-state index contributed by atoms with van der Waals surface area (Å²) >= 11 is 3.26. The van der Waals surface area contributed by atoms with Crippen molar-refractivity contribution in [2.75, 3.05) is 0 Å². The Balaban J connectivity index is 2.77. The molecule has 0 saturated carbocycles. The van der Waals surface area contributed by atoms with Gasteiger partial charge in [0.2, 0.25) is 0 Å². The lowest BCUT2D eigenvalue weighted by Crippen LogP contribution is -1.88. The zero-order chi connectivity index (χ0) is 8.55. The van der Waals surface area contributed by atoms with Gasteiger partial charge in [0.15, 0.2) is 11.3 Å². The molecular formula is C7H3BrN4. The quantitative estimate of drug-likeness (QED) is 0.677. The van der Waals surface area contributed by atoms with Gasteiger partial charge in [-0.3, -0.25) is 0 Å². The molecule has 5 heteroatoms. The average Bonchev–Trinajstić information content (AvgIpc) is 2.46. The normalized spacial score (nSPS) is 10.0. The first-order chi connectivity index (χ1) is 5.79. The van der Waals surface area contributed by atoms with Gasteiger partial charge < -0.3 is 0 Å². The fourth-order valence-corrected chi connectivity index (χ4v) is 1.20. The standard InChI is InChI=1S/C7H3BrN4/c8-5-3-10-7-1-6(2-9)11-12(7)4-5/h1,3-4H. The van der Waals surface area contributed by atoms with Crippen LogP contribution in [-0.4, -0.2) is 14.6 Å². The van der Waals surface area contributed by atoms with Gasteiger partial charge in [-0.05, 0) is 15.9 Å². The Hall–Kier alpha value is -1.41. The largest absolute Gasteiger partial charge is 0.236 e. The minimum atomic E-state index is 0.376. The highest BCUT2D eigenvalue weighted by molar-refractivity contribution is 9.10. The highest BCUT2D eigenvalue weighted by atomic mass is 79.9. The third kappa shape index (κ3) is 1.06. The van der Waals surface area contributed by atoms with Crippen molar-refractivity contribution in [1.29, 1.82) is 5.26 Å². The maximum absolute atomic E-state index is 8.54. The van der Waals surface area contributed by atoms with Gasteiger partial charge in [0.05, 0.1) is 4.47 Å². The van der Waals surface area contributed by atoms with E-state index in [1.165, 1.54) is 0 Å². The van der Waals surface area contributed by atoms with Crippen LogP contribution in [-0.2, 0) is 0 Å². The van der Waals surface area contributed by atoms with Crippen molar-refractivity contribution in [1.82, 2.24) is 14.6 Å². The molecule has 0 amide bonds. The summed E-state index contributed by atoms with van der Waals surface area (Å²) in [6.07, 6.45) is 3.42. The van der Waals surface area contributed by atoms with E-state index >= 15 is 0 Å². The van der Waals surface area contributed by atoms with E-state index in [1.807, 2.05) is 6.07 Å². The number of hydrogen-bond acceptors (Lipinski definition) is 3. The molecule has 2 aromatic heterocycles. The minimum Gasteiger partial charge on any atom is -0.236 e. The monoisotopic (exact) mass is 222 g/mol. The molecule has 58 valence electrons. The van der Waals surface area contributed by atoms with Crippen LogP contribution in [0.2, 0.25) is 0 Å².